The zero-order valence-electron chi connectivity index (χ0n) is 12.2. The fraction of sp³-hybridized carbons (Fsp3) is 0.353. The van der Waals surface area contributed by atoms with Crippen LogP contribution in [0.5, 0.6) is 5.75 Å². The third kappa shape index (κ3) is 5.02. The molecule has 1 heterocycles. The Hall–Kier alpha value is -1.87. The van der Waals surface area contributed by atoms with Gasteiger partial charge in [-0.25, -0.2) is 0 Å². The summed E-state index contributed by atoms with van der Waals surface area (Å²) in [6, 6.07) is 12.2. The van der Waals surface area contributed by atoms with Crippen molar-refractivity contribution in [3.8, 4) is 5.75 Å². The Kier molecular flexibility index (Phi) is 5.56. The Morgan fingerprint density at radius 2 is 1.90 bits per heavy atom. The van der Waals surface area contributed by atoms with Crippen LogP contribution in [-0.2, 0) is 13.2 Å². The van der Waals surface area contributed by atoms with Crippen molar-refractivity contribution in [3.05, 3.63) is 59.9 Å². The highest BCUT2D eigenvalue weighted by atomic mass is 16.5. The first-order chi connectivity index (χ1) is 9.74. The van der Waals surface area contributed by atoms with Crippen molar-refractivity contribution in [2.24, 2.45) is 5.92 Å². The minimum Gasteiger partial charge on any atom is -0.489 e. The van der Waals surface area contributed by atoms with Gasteiger partial charge in [0.25, 0.3) is 0 Å². The third-order valence-corrected chi connectivity index (χ3v) is 2.94. The molecular weight excluding hydrogens is 248 g/mol. The second-order valence-corrected chi connectivity index (χ2v) is 5.32. The largest absolute Gasteiger partial charge is 0.489 e. The lowest BCUT2D eigenvalue weighted by Gasteiger charge is -2.10. The summed E-state index contributed by atoms with van der Waals surface area (Å²) in [6.07, 6.45) is 3.57. The first-order valence-electron chi connectivity index (χ1n) is 7.05. The number of hydrogen-bond donors (Lipinski definition) is 1. The zero-order chi connectivity index (χ0) is 14.2. The number of nitrogens with zero attached hydrogens (tertiary/aromatic N) is 1. The number of rotatable bonds is 7. The number of ether oxygens (including phenoxy) is 1. The van der Waals surface area contributed by atoms with E-state index in [0.717, 1.165) is 24.4 Å². The predicted molar refractivity (Wildman–Crippen MR) is 81.6 cm³/mol. The van der Waals surface area contributed by atoms with Gasteiger partial charge in [0.2, 0.25) is 0 Å². The van der Waals surface area contributed by atoms with Crippen molar-refractivity contribution in [2.75, 3.05) is 6.54 Å². The van der Waals surface area contributed by atoms with Gasteiger partial charge in [-0.05, 0) is 47.9 Å². The van der Waals surface area contributed by atoms with Crippen LogP contribution < -0.4 is 10.1 Å². The molecule has 0 bridgehead atoms. The van der Waals surface area contributed by atoms with Gasteiger partial charge >= 0.3 is 0 Å². The smallest absolute Gasteiger partial charge is 0.120 e. The fourth-order valence-corrected chi connectivity index (χ4v) is 1.90. The van der Waals surface area contributed by atoms with Crippen LogP contribution in [-0.4, -0.2) is 11.5 Å². The molecule has 3 nitrogen and oxygen atoms in total. The van der Waals surface area contributed by atoms with E-state index in [1.54, 1.807) is 12.4 Å². The summed E-state index contributed by atoms with van der Waals surface area (Å²) in [5, 5.41) is 3.44. The monoisotopic (exact) mass is 270 g/mol. The van der Waals surface area contributed by atoms with Crippen LogP contribution in [0.3, 0.4) is 0 Å². The van der Waals surface area contributed by atoms with Crippen molar-refractivity contribution < 1.29 is 4.74 Å². The molecule has 0 radical (unpaired) electrons. The highest BCUT2D eigenvalue weighted by Gasteiger charge is 1.99. The molecule has 2 rings (SSSR count). The lowest BCUT2D eigenvalue weighted by atomic mass is 10.2. The third-order valence-electron chi connectivity index (χ3n) is 2.94. The fourth-order valence-electron chi connectivity index (χ4n) is 1.90. The van der Waals surface area contributed by atoms with Crippen molar-refractivity contribution in [2.45, 2.75) is 27.0 Å². The summed E-state index contributed by atoms with van der Waals surface area (Å²) in [5.74, 6) is 1.58. The molecule has 0 aliphatic carbocycles. The minimum atomic E-state index is 0.575. The molecule has 3 heteroatoms. The van der Waals surface area contributed by atoms with Crippen LogP contribution in [0.15, 0.2) is 48.8 Å². The number of pyridine rings is 1. The van der Waals surface area contributed by atoms with Crippen LogP contribution >= 0.6 is 0 Å². The van der Waals surface area contributed by atoms with Crippen LogP contribution in [0.25, 0.3) is 0 Å². The van der Waals surface area contributed by atoms with Crippen molar-refractivity contribution in [3.63, 3.8) is 0 Å². The highest BCUT2D eigenvalue weighted by Crippen LogP contribution is 2.15. The number of benzene rings is 1. The van der Waals surface area contributed by atoms with Gasteiger partial charge in [-0.3, -0.25) is 4.98 Å². The van der Waals surface area contributed by atoms with Gasteiger partial charge in [0.05, 0.1) is 0 Å². The maximum absolute atomic E-state index is 5.80. The normalized spacial score (nSPS) is 10.8. The second-order valence-electron chi connectivity index (χ2n) is 5.32. The van der Waals surface area contributed by atoms with Gasteiger partial charge in [-0.2, -0.15) is 0 Å². The van der Waals surface area contributed by atoms with E-state index in [4.69, 9.17) is 4.74 Å². The molecule has 1 aromatic heterocycles. The average Bonchev–Trinajstić information content (AvgIpc) is 2.46. The van der Waals surface area contributed by atoms with E-state index in [1.165, 1.54) is 5.56 Å². The predicted octanol–water partition coefficient (Wildman–Crippen LogP) is 3.41. The molecule has 0 fully saturated rings. The number of aromatic nitrogens is 1. The van der Waals surface area contributed by atoms with Crippen LogP contribution in [0.2, 0.25) is 0 Å². The molecule has 1 aromatic carbocycles. The quantitative estimate of drug-likeness (QED) is 0.837. The van der Waals surface area contributed by atoms with Crippen molar-refractivity contribution in [1.82, 2.24) is 10.3 Å². The van der Waals surface area contributed by atoms with E-state index in [2.05, 4.69) is 36.3 Å². The molecule has 0 aliphatic rings. The zero-order valence-corrected chi connectivity index (χ0v) is 12.2. The summed E-state index contributed by atoms with van der Waals surface area (Å²) >= 11 is 0. The van der Waals surface area contributed by atoms with E-state index in [9.17, 15) is 0 Å². The Labute approximate surface area is 121 Å². The van der Waals surface area contributed by atoms with Gasteiger partial charge in [0, 0.05) is 18.9 Å². The van der Waals surface area contributed by atoms with E-state index in [1.807, 2.05) is 24.3 Å². The molecule has 0 saturated heterocycles. The highest BCUT2D eigenvalue weighted by molar-refractivity contribution is 5.28. The topological polar surface area (TPSA) is 34.1 Å². The molecular formula is C17H22N2O. The maximum Gasteiger partial charge on any atom is 0.120 e. The Bertz CT molecular complexity index is 511. The molecule has 0 spiro atoms. The van der Waals surface area contributed by atoms with Crippen LogP contribution in [0, 0.1) is 5.92 Å². The second kappa shape index (κ2) is 7.65. The summed E-state index contributed by atoms with van der Waals surface area (Å²) in [7, 11) is 0. The van der Waals surface area contributed by atoms with Gasteiger partial charge in [-0.15, -0.1) is 0 Å². The van der Waals surface area contributed by atoms with Gasteiger partial charge in [-0.1, -0.05) is 26.0 Å². The van der Waals surface area contributed by atoms with Crippen LogP contribution in [0.4, 0.5) is 0 Å². The Balaban J connectivity index is 1.86. The first-order valence-corrected chi connectivity index (χ1v) is 7.05. The number of hydrogen-bond acceptors (Lipinski definition) is 3. The average molecular weight is 270 g/mol. The summed E-state index contributed by atoms with van der Waals surface area (Å²) in [5.41, 5.74) is 2.38. The Morgan fingerprint density at radius 1 is 1.10 bits per heavy atom. The molecule has 0 atom stereocenters. The molecule has 0 amide bonds. The van der Waals surface area contributed by atoms with E-state index < -0.39 is 0 Å². The van der Waals surface area contributed by atoms with Gasteiger partial charge in [0.1, 0.15) is 12.4 Å². The molecule has 0 aliphatic heterocycles. The molecule has 2 aromatic rings. The molecule has 0 saturated carbocycles. The number of nitrogens with one attached hydrogen (secondary N) is 1. The standard InChI is InChI=1S/C17H22N2O/c1-14(2)11-19-12-16-4-3-5-17(10-16)20-13-15-6-8-18-9-7-15/h3-10,14,19H,11-13H2,1-2H3. The van der Waals surface area contributed by atoms with Gasteiger partial charge < -0.3 is 10.1 Å². The van der Waals surface area contributed by atoms with E-state index in [0.29, 0.717) is 12.5 Å². The van der Waals surface area contributed by atoms with Crippen molar-refractivity contribution >= 4 is 0 Å². The SMILES string of the molecule is CC(C)CNCc1cccc(OCc2ccncc2)c1. The van der Waals surface area contributed by atoms with E-state index in [-0.39, 0.29) is 0 Å². The molecule has 106 valence electrons. The first kappa shape index (κ1) is 14.5. The summed E-state index contributed by atoms with van der Waals surface area (Å²) in [6.45, 7) is 6.90. The summed E-state index contributed by atoms with van der Waals surface area (Å²) in [4.78, 5) is 4.00. The lowest BCUT2D eigenvalue weighted by Crippen LogP contribution is -2.18. The molecule has 1 N–H and O–H groups in total. The Morgan fingerprint density at radius 3 is 2.65 bits per heavy atom. The minimum absolute atomic E-state index is 0.575. The van der Waals surface area contributed by atoms with Crippen molar-refractivity contribution in [1.29, 1.82) is 0 Å². The van der Waals surface area contributed by atoms with Gasteiger partial charge in [0.15, 0.2) is 0 Å². The van der Waals surface area contributed by atoms with E-state index >= 15 is 0 Å². The molecule has 20 heavy (non-hydrogen) atoms. The van der Waals surface area contributed by atoms with Crippen LogP contribution in [0.1, 0.15) is 25.0 Å². The molecule has 0 unspecified atom stereocenters. The maximum atomic E-state index is 5.80. The summed E-state index contributed by atoms with van der Waals surface area (Å²) < 4.78 is 5.80. The lowest BCUT2D eigenvalue weighted by molar-refractivity contribution is 0.305.